The van der Waals surface area contributed by atoms with Crippen molar-refractivity contribution in [1.82, 2.24) is 9.97 Å². The molecule has 1 saturated heterocycles. The Morgan fingerprint density at radius 3 is 2.56 bits per heavy atom. The second-order valence-electron chi connectivity index (χ2n) is 6.14. The molecule has 0 unspecified atom stereocenters. The van der Waals surface area contributed by atoms with Gasteiger partial charge in [0, 0.05) is 23.8 Å². The largest absolute Gasteiger partial charge is 0.353 e. The average molecular weight is 362 g/mol. The molecule has 0 spiro atoms. The number of halogens is 1. The van der Waals surface area contributed by atoms with Crippen molar-refractivity contribution in [3.63, 3.8) is 0 Å². The van der Waals surface area contributed by atoms with Crippen LogP contribution in [0.3, 0.4) is 0 Å². The first-order chi connectivity index (χ1) is 12.1. The molecule has 1 N–H and O–H groups in total. The number of aryl methyl sites for hydroxylation is 1. The van der Waals surface area contributed by atoms with Gasteiger partial charge in [-0.3, -0.25) is 10.1 Å². The van der Waals surface area contributed by atoms with E-state index in [0.717, 1.165) is 44.3 Å². The molecule has 1 aliphatic rings. The molecule has 3 rings (SSSR count). The van der Waals surface area contributed by atoms with Crippen molar-refractivity contribution in [2.75, 3.05) is 23.3 Å². The van der Waals surface area contributed by atoms with E-state index in [1.807, 2.05) is 24.0 Å². The van der Waals surface area contributed by atoms with Gasteiger partial charge in [-0.15, -0.1) is 0 Å². The van der Waals surface area contributed by atoms with E-state index in [1.54, 1.807) is 6.07 Å². The lowest BCUT2D eigenvalue weighted by molar-refractivity contribution is -0.383. The number of hydrogen-bond acceptors (Lipinski definition) is 6. The summed E-state index contributed by atoms with van der Waals surface area (Å²) in [5, 5.41) is 15.3. The van der Waals surface area contributed by atoms with Crippen molar-refractivity contribution in [2.24, 2.45) is 0 Å². The molecule has 0 bridgehead atoms. The highest BCUT2D eigenvalue weighted by atomic mass is 35.5. The third-order valence-electron chi connectivity index (χ3n) is 4.33. The molecule has 1 aromatic carbocycles. The van der Waals surface area contributed by atoms with Crippen LogP contribution in [0.1, 0.15) is 31.2 Å². The van der Waals surface area contributed by atoms with Crippen molar-refractivity contribution < 1.29 is 4.92 Å². The summed E-state index contributed by atoms with van der Waals surface area (Å²) in [4.78, 5) is 21.6. The summed E-state index contributed by atoms with van der Waals surface area (Å²) in [6.45, 7) is 3.44. The van der Waals surface area contributed by atoms with Gasteiger partial charge in [0.2, 0.25) is 11.6 Å². The van der Waals surface area contributed by atoms with E-state index in [0.29, 0.717) is 16.5 Å². The Morgan fingerprint density at radius 2 is 1.92 bits per heavy atom. The van der Waals surface area contributed by atoms with Gasteiger partial charge in [0.05, 0.1) is 4.92 Å². The normalized spacial score (nSPS) is 14.9. The number of nitrogens with one attached hydrogen (secondary N) is 1. The Hall–Kier alpha value is -2.41. The van der Waals surface area contributed by atoms with E-state index in [-0.39, 0.29) is 11.5 Å². The molecule has 2 heterocycles. The van der Waals surface area contributed by atoms with Gasteiger partial charge in [-0.25, -0.2) is 9.97 Å². The van der Waals surface area contributed by atoms with Crippen LogP contribution in [0.2, 0.25) is 5.02 Å². The van der Waals surface area contributed by atoms with Crippen molar-refractivity contribution in [3.05, 3.63) is 45.2 Å². The Kier molecular flexibility index (Phi) is 5.33. The first kappa shape index (κ1) is 17.4. The standard InChI is InChI=1S/C17H20ClN5O2/c1-12-6-7-13(10-14(12)18)21-16-15(23(24)25)17(20-11-19-16)22-8-4-2-3-5-9-22/h6-7,10-11H,2-5,8-9H2,1H3,(H,19,20,21). The molecular formula is C17H20ClN5O2. The fourth-order valence-corrected chi connectivity index (χ4v) is 3.13. The predicted octanol–water partition coefficient (Wildman–Crippen LogP) is 4.47. The Balaban J connectivity index is 1.97. The van der Waals surface area contributed by atoms with Gasteiger partial charge in [-0.05, 0) is 37.5 Å². The minimum Gasteiger partial charge on any atom is -0.351 e. The van der Waals surface area contributed by atoms with Crippen LogP contribution in [0.5, 0.6) is 0 Å². The van der Waals surface area contributed by atoms with Gasteiger partial charge in [0.25, 0.3) is 0 Å². The molecule has 132 valence electrons. The fraction of sp³-hybridized carbons (Fsp3) is 0.412. The number of benzene rings is 1. The van der Waals surface area contributed by atoms with E-state index >= 15 is 0 Å². The summed E-state index contributed by atoms with van der Waals surface area (Å²) in [5.74, 6) is 0.557. The fourth-order valence-electron chi connectivity index (χ4n) is 2.95. The zero-order valence-corrected chi connectivity index (χ0v) is 14.8. The highest BCUT2D eigenvalue weighted by Gasteiger charge is 2.27. The highest BCUT2D eigenvalue weighted by Crippen LogP contribution is 2.35. The third-order valence-corrected chi connectivity index (χ3v) is 4.73. The lowest BCUT2D eigenvalue weighted by Crippen LogP contribution is -2.26. The average Bonchev–Trinajstić information content (AvgIpc) is 2.87. The topological polar surface area (TPSA) is 84.2 Å². The first-order valence-corrected chi connectivity index (χ1v) is 8.71. The summed E-state index contributed by atoms with van der Waals surface area (Å²) < 4.78 is 0. The van der Waals surface area contributed by atoms with Gasteiger partial charge < -0.3 is 10.2 Å². The molecule has 8 heteroatoms. The van der Waals surface area contributed by atoms with Crippen LogP contribution in [-0.2, 0) is 0 Å². The monoisotopic (exact) mass is 361 g/mol. The van der Waals surface area contributed by atoms with Crippen molar-refractivity contribution in [1.29, 1.82) is 0 Å². The van der Waals surface area contributed by atoms with Crippen LogP contribution in [0, 0.1) is 17.0 Å². The molecular weight excluding hydrogens is 342 g/mol. The number of rotatable bonds is 4. The number of anilines is 3. The highest BCUT2D eigenvalue weighted by molar-refractivity contribution is 6.31. The van der Waals surface area contributed by atoms with Crippen LogP contribution in [0.25, 0.3) is 0 Å². The summed E-state index contributed by atoms with van der Waals surface area (Å²) in [5.41, 5.74) is 1.50. The summed E-state index contributed by atoms with van der Waals surface area (Å²) >= 11 is 6.14. The number of nitro groups is 1. The van der Waals surface area contributed by atoms with E-state index in [2.05, 4.69) is 15.3 Å². The maximum atomic E-state index is 11.7. The molecule has 1 aliphatic heterocycles. The SMILES string of the molecule is Cc1ccc(Nc2ncnc(N3CCCCCC3)c2[N+](=O)[O-])cc1Cl. The second kappa shape index (κ2) is 7.65. The van der Waals surface area contributed by atoms with Crippen molar-refractivity contribution >= 4 is 34.6 Å². The van der Waals surface area contributed by atoms with Gasteiger partial charge in [-0.1, -0.05) is 30.5 Å². The van der Waals surface area contributed by atoms with E-state index in [9.17, 15) is 10.1 Å². The van der Waals surface area contributed by atoms with Crippen LogP contribution in [0.4, 0.5) is 23.0 Å². The lowest BCUT2D eigenvalue weighted by Gasteiger charge is -2.21. The lowest BCUT2D eigenvalue weighted by atomic mass is 10.2. The Labute approximate surface area is 151 Å². The second-order valence-corrected chi connectivity index (χ2v) is 6.55. The Bertz CT molecular complexity index is 776. The third kappa shape index (κ3) is 3.99. The summed E-state index contributed by atoms with van der Waals surface area (Å²) in [7, 11) is 0. The zero-order valence-electron chi connectivity index (χ0n) is 14.0. The first-order valence-electron chi connectivity index (χ1n) is 8.34. The van der Waals surface area contributed by atoms with Gasteiger partial charge in [0.15, 0.2) is 0 Å². The maximum Gasteiger partial charge on any atom is 0.353 e. The van der Waals surface area contributed by atoms with E-state index in [4.69, 9.17) is 11.6 Å². The molecule has 2 aromatic rings. The van der Waals surface area contributed by atoms with Crippen LogP contribution in [0.15, 0.2) is 24.5 Å². The predicted molar refractivity (Wildman–Crippen MR) is 98.8 cm³/mol. The zero-order chi connectivity index (χ0) is 17.8. The quantitative estimate of drug-likeness (QED) is 0.638. The molecule has 0 saturated carbocycles. The molecule has 1 aromatic heterocycles. The molecule has 0 aliphatic carbocycles. The van der Waals surface area contributed by atoms with Crippen LogP contribution >= 0.6 is 11.6 Å². The molecule has 0 atom stereocenters. The number of aromatic nitrogens is 2. The van der Waals surface area contributed by atoms with Crippen LogP contribution < -0.4 is 10.2 Å². The summed E-state index contributed by atoms with van der Waals surface area (Å²) in [6.07, 6.45) is 5.67. The minimum absolute atomic E-state index is 0.0962. The maximum absolute atomic E-state index is 11.7. The molecule has 7 nitrogen and oxygen atoms in total. The Morgan fingerprint density at radius 1 is 1.20 bits per heavy atom. The van der Waals surface area contributed by atoms with Gasteiger partial charge in [-0.2, -0.15) is 0 Å². The minimum atomic E-state index is -0.418. The molecule has 25 heavy (non-hydrogen) atoms. The van der Waals surface area contributed by atoms with E-state index in [1.165, 1.54) is 6.33 Å². The van der Waals surface area contributed by atoms with Crippen LogP contribution in [-0.4, -0.2) is 28.0 Å². The summed E-state index contributed by atoms with van der Waals surface area (Å²) in [6, 6.07) is 5.40. The van der Waals surface area contributed by atoms with Gasteiger partial charge >= 0.3 is 5.69 Å². The van der Waals surface area contributed by atoms with E-state index < -0.39 is 4.92 Å². The molecule has 0 amide bonds. The van der Waals surface area contributed by atoms with Crippen molar-refractivity contribution in [3.8, 4) is 0 Å². The smallest absolute Gasteiger partial charge is 0.351 e. The van der Waals surface area contributed by atoms with Gasteiger partial charge in [0.1, 0.15) is 6.33 Å². The number of hydrogen-bond donors (Lipinski definition) is 1. The number of nitrogens with zero attached hydrogens (tertiary/aromatic N) is 4. The molecule has 1 fully saturated rings. The van der Waals surface area contributed by atoms with Crippen molar-refractivity contribution in [2.45, 2.75) is 32.6 Å². The molecule has 0 radical (unpaired) electrons.